The van der Waals surface area contributed by atoms with Crippen molar-refractivity contribution < 1.29 is 4.79 Å². The van der Waals surface area contributed by atoms with Gasteiger partial charge < -0.3 is 11.1 Å². The first-order chi connectivity index (χ1) is 8.01. The van der Waals surface area contributed by atoms with Crippen molar-refractivity contribution in [2.24, 2.45) is 5.73 Å². The predicted octanol–water partition coefficient (Wildman–Crippen LogP) is 1.70. The summed E-state index contributed by atoms with van der Waals surface area (Å²) in [6, 6.07) is 6.63. The molecule has 94 valence electrons. The third-order valence-electron chi connectivity index (χ3n) is 2.60. The van der Waals surface area contributed by atoms with E-state index in [1.165, 1.54) is 16.7 Å². The zero-order chi connectivity index (χ0) is 12.8. The quantitative estimate of drug-likeness (QED) is 0.814. The van der Waals surface area contributed by atoms with Crippen LogP contribution in [-0.4, -0.2) is 18.5 Å². The molecular formula is C14H22N2O. The maximum absolute atomic E-state index is 11.4. The lowest BCUT2D eigenvalue weighted by molar-refractivity contribution is -0.121. The Kier molecular flexibility index (Phi) is 5.16. The molecule has 3 N–H and O–H groups in total. The lowest BCUT2D eigenvalue weighted by atomic mass is 10.0. The van der Waals surface area contributed by atoms with E-state index in [1.807, 2.05) is 6.92 Å². The minimum absolute atomic E-state index is 0.0318. The van der Waals surface area contributed by atoms with Crippen LogP contribution in [0.15, 0.2) is 18.2 Å². The Balaban J connectivity index is 2.55. The van der Waals surface area contributed by atoms with E-state index in [0.29, 0.717) is 13.0 Å². The minimum Gasteiger partial charge on any atom is -0.353 e. The molecule has 0 saturated heterocycles. The number of rotatable bonds is 5. The van der Waals surface area contributed by atoms with Gasteiger partial charge in [-0.15, -0.1) is 0 Å². The van der Waals surface area contributed by atoms with Gasteiger partial charge in [-0.2, -0.15) is 0 Å². The molecule has 0 radical (unpaired) electrons. The van der Waals surface area contributed by atoms with Gasteiger partial charge in [0.1, 0.15) is 0 Å². The molecule has 1 aromatic carbocycles. The van der Waals surface area contributed by atoms with E-state index in [9.17, 15) is 4.79 Å². The molecule has 0 aromatic heterocycles. The summed E-state index contributed by atoms with van der Waals surface area (Å²) in [7, 11) is 0. The number of aryl methyl sites for hydroxylation is 2. The predicted molar refractivity (Wildman–Crippen MR) is 70.9 cm³/mol. The molecule has 1 amide bonds. The molecule has 0 aliphatic carbocycles. The van der Waals surface area contributed by atoms with Crippen molar-refractivity contribution in [2.45, 2.75) is 39.7 Å². The average molecular weight is 234 g/mol. The molecule has 17 heavy (non-hydrogen) atoms. The monoisotopic (exact) mass is 234 g/mol. The van der Waals surface area contributed by atoms with Crippen LogP contribution < -0.4 is 11.1 Å². The smallest absolute Gasteiger partial charge is 0.221 e. The van der Waals surface area contributed by atoms with Gasteiger partial charge in [0.2, 0.25) is 5.91 Å². The van der Waals surface area contributed by atoms with Gasteiger partial charge in [-0.3, -0.25) is 4.79 Å². The van der Waals surface area contributed by atoms with E-state index in [0.717, 1.165) is 6.42 Å². The third-order valence-corrected chi connectivity index (χ3v) is 2.60. The minimum atomic E-state index is 0.0318. The van der Waals surface area contributed by atoms with Crippen LogP contribution in [0.4, 0.5) is 0 Å². The zero-order valence-electron chi connectivity index (χ0n) is 10.9. The summed E-state index contributed by atoms with van der Waals surface area (Å²) in [5, 5.41) is 2.95. The van der Waals surface area contributed by atoms with Crippen LogP contribution in [0.25, 0.3) is 0 Å². The summed E-state index contributed by atoms with van der Waals surface area (Å²) >= 11 is 0. The Morgan fingerprint density at radius 3 is 2.41 bits per heavy atom. The summed E-state index contributed by atoms with van der Waals surface area (Å²) in [5.41, 5.74) is 9.13. The first-order valence-corrected chi connectivity index (χ1v) is 6.08. The molecule has 1 aromatic rings. The van der Waals surface area contributed by atoms with Crippen molar-refractivity contribution >= 4 is 5.91 Å². The first-order valence-electron chi connectivity index (χ1n) is 6.08. The highest BCUT2D eigenvalue weighted by atomic mass is 16.1. The molecule has 0 spiro atoms. The van der Waals surface area contributed by atoms with Crippen LogP contribution in [0.1, 0.15) is 30.0 Å². The van der Waals surface area contributed by atoms with Crippen molar-refractivity contribution in [3.8, 4) is 0 Å². The van der Waals surface area contributed by atoms with Gasteiger partial charge in [0, 0.05) is 19.0 Å². The highest BCUT2D eigenvalue weighted by Crippen LogP contribution is 2.10. The molecular weight excluding hydrogens is 212 g/mol. The lowest BCUT2D eigenvalue weighted by Gasteiger charge is -2.14. The number of carbonyl (C=O) groups is 1. The topological polar surface area (TPSA) is 55.1 Å². The summed E-state index contributed by atoms with van der Waals surface area (Å²) in [4.78, 5) is 11.4. The maximum Gasteiger partial charge on any atom is 0.221 e. The van der Waals surface area contributed by atoms with Crippen LogP contribution in [0, 0.1) is 13.8 Å². The van der Waals surface area contributed by atoms with E-state index in [4.69, 9.17) is 5.73 Å². The van der Waals surface area contributed by atoms with Gasteiger partial charge in [0.05, 0.1) is 0 Å². The summed E-state index contributed by atoms with van der Waals surface area (Å²) in [6.45, 7) is 6.61. The van der Waals surface area contributed by atoms with Gasteiger partial charge in [-0.1, -0.05) is 29.3 Å². The Morgan fingerprint density at radius 1 is 1.29 bits per heavy atom. The Labute approximate surface area is 103 Å². The molecule has 1 atom stereocenters. The van der Waals surface area contributed by atoms with Crippen LogP contribution in [0.5, 0.6) is 0 Å². The van der Waals surface area contributed by atoms with Crippen LogP contribution in [-0.2, 0) is 11.2 Å². The Bertz CT molecular complexity index is 368. The molecule has 0 heterocycles. The number of hydrogen-bond acceptors (Lipinski definition) is 2. The fourth-order valence-electron chi connectivity index (χ4n) is 2.07. The van der Waals surface area contributed by atoms with Gasteiger partial charge in [-0.05, 0) is 32.8 Å². The highest BCUT2D eigenvalue weighted by molar-refractivity contribution is 5.76. The number of hydrogen-bond donors (Lipinski definition) is 2. The number of nitrogens with two attached hydrogens (primary N) is 1. The second-order valence-electron chi connectivity index (χ2n) is 4.71. The number of benzene rings is 1. The lowest BCUT2D eigenvalue weighted by Crippen LogP contribution is -2.35. The van der Waals surface area contributed by atoms with Gasteiger partial charge in [-0.25, -0.2) is 0 Å². The zero-order valence-corrected chi connectivity index (χ0v) is 10.9. The second kappa shape index (κ2) is 6.40. The van der Waals surface area contributed by atoms with Crippen molar-refractivity contribution in [3.63, 3.8) is 0 Å². The molecule has 3 heteroatoms. The van der Waals surface area contributed by atoms with Gasteiger partial charge in [0.25, 0.3) is 0 Å². The third kappa shape index (κ3) is 5.00. The van der Waals surface area contributed by atoms with Crippen LogP contribution in [0.2, 0.25) is 0 Å². The van der Waals surface area contributed by atoms with E-state index in [2.05, 4.69) is 37.4 Å². The van der Waals surface area contributed by atoms with E-state index >= 15 is 0 Å². The van der Waals surface area contributed by atoms with E-state index in [-0.39, 0.29) is 11.9 Å². The summed E-state index contributed by atoms with van der Waals surface area (Å²) in [5.74, 6) is 0.0318. The van der Waals surface area contributed by atoms with E-state index < -0.39 is 0 Å². The number of amides is 1. The summed E-state index contributed by atoms with van der Waals surface area (Å²) < 4.78 is 0. The SMILES string of the molecule is Cc1cc(C)cc(CC(C)NC(=O)CCN)c1. The average Bonchev–Trinajstić information content (AvgIpc) is 2.14. The first kappa shape index (κ1) is 13.7. The van der Waals surface area contributed by atoms with Crippen molar-refractivity contribution in [2.75, 3.05) is 6.54 Å². The van der Waals surface area contributed by atoms with Crippen molar-refractivity contribution in [1.29, 1.82) is 0 Å². The fraction of sp³-hybridized carbons (Fsp3) is 0.500. The summed E-state index contributed by atoms with van der Waals surface area (Å²) in [6.07, 6.45) is 1.26. The maximum atomic E-state index is 11.4. The van der Waals surface area contributed by atoms with E-state index in [1.54, 1.807) is 0 Å². The largest absolute Gasteiger partial charge is 0.353 e. The molecule has 0 aliphatic heterocycles. The highest BCUT2D eigenvalue weighted by Gasteiger charge is 2.07. The van der Waals surface area contributed by atoms with Crippen molar-refractivity contribution in [3.05, 3.63) is 34.9 Å². The molecule has 1 rings (SSSR count). The second-order valence-corrected chi connectivity index (χ2v) is 4.71. The van der Waals surface area contributed by atoms with Crippen LogP contribution in [0.3, 0.4) is 0 Å². The molecule has 0 aliphatic rings. The Hall–Kier alpha value is -1.35. The molecule has 0 saturated carbocycles. The molecule has 3 nitrogen and oxygen atoms in total. The fourth-order valence-corrected chi connectivity index (χ4v) is 2.07. The van der Waals surface area contributed by atoms with Gasteiger partial charge in [0.15, 0.2) is 0 Å². The molecule has 1 unspecified atom stereocenters. The number of carbonyl (C=O) groups excluding carboxylic acids is 1. The van der Waals surface area contributed by atoms with Crippen LogP contribution >= 0.6 is 0 Å². The molecule has 0 bridgehead atoms. The normalized spacial score (nSPS) is 12.2. The Morgan fingerprint density at radius 2 is 1.88 bits per heavy atom. The van der Waals surface area contributed by atoms with Gasteiger partial charge >= 0.3 is 0 Å². The van der Waals surface area contributed by atoms with Crippen molar-refractivity contribution in [1.82, 2.24) is 5.32 Å². The number of nitrogens with one attached hydrogen (secondary N) is 1. The standard InChI is InChI=1S/C14H22N2O/c1-10-6-11(2)8-13(7-10)9-12(3)16-14(17)4-5-15/h6-8,12H,4-5,9,15H2,1-3H3,(H,16,17). The molecule has 0 fully saturated rings.